The number of carbonyl (C=O) groups excluding carboxylic acids is 2. The van der Waals surface area contributed by atoms with Gasteiger partial charge in [0.1, 0.15) is 11.6 Å². The van der Waals surface area contributed by atoms with Crippen LogP contribution >= 0.6 is 0 Å². The van der Waals surface area contributed by atoms with Crippen molar-refractivity contribution in [2.45, 2.75) is 20.0 Å². The molecule has 0 saturated carbocycles. The second-order valence-electron chi connectivity index (χ2n) is 6.61. The van der Waals surface area contributed by atoms with Gasteiger partial charge in [-0.1, -0.05) is 0 Å². The zero-order valence-corrected chi connectivity index (χ0v) is 16.7. The van der Waals surface area contributed by atoms with Crippen LogP contribution in [-0.2, 0) is 0 Å². The van der Waals surface area contributed by atoms with Crippen LogP contribution in [-0.4, -0.2) is 25.0 Å². The maximum absolute atomic E-state index is 13.0. The van der Waals surface area contributed by atoms with Crippen LogP contribution in [0.5, 0.6) is 11.5 Å². The van der Waals surface area contributed by atoms with Crippen molar-refractivity contribution in [3.63, 3.8) is 0 Å². The first-order valence-corrected chi connectivity index (χ1v) is 9.18. The van der Waals surface area contributed by atoms with Crippen molar-refractivity contribution in [1.29, 1.82) is 0 Å². The summed E-state index contributed by atoms with van der Waals surface area (Å²) < 4.78 is 29.4. The maximum atomic E-state index is 13.0. The molecule has 0 bridgehead atoms. The fourth-order valence-corrected chi connectivity index (χ4v) is 2.64. The van der Waals surface area contributed by atoms with Crippen LogP contribution < -0.4 is 20.3 Å². The summed E-state index contributed by atoms with van der Waals surface area (Å²) in [6.45, 7) is 3.76. The highest BCUT2D eigenvalue weighted by molar-refractivity contribution is 5.98. The van der Waals surface area contributed by atoms with Gasteiger partial charge in [-0.25, -0.2) is 4.39 Å². The van der Waals surface area contributed by atoms with Crippen molar-refractivity contribution < 1.29 is 27.9 Å². The lowest BCUT2D eigenvalue weighted by atomic mass is 10.2. The van der Waals surface area contributed by atoms with E-state index in [-0.39, 0.29) is 23.2 Å². The van der Waals surface area contributed by atoms with Gasteiger partial charge in [0.15, 0.2) is 17.3 Å². The number of methoxy groups -OCH3 is 1. The number of halogens is 1. The van der Waals surface area contributed by atoms with E-state index in [4.69, 9.17) is 13.9 Å². The van der Waals surface area contributed by atoms with E-state index in [1.165, 1.54) is 43.5 Å². The second-order valence-corrected chi connectivity index (χ2v) is 6.61. The Labute approximate surface area is 172 Å². The first kappa shape index (κ1) is 20.9. The molecule has 0 aliphatic carbocycles. The van der Waals surface area contributed by atoms with E-state index in [9.17, 15) is 14.0 Å². The smallest absolute Gasteiger partial charge is 0.305 e. The minimum Gasteiger partial charge on any atom is -0.493 e. The van der Waals surface area contributed by atoms with Crippen LogP contribution in [0.15, 0.2) is 59.0 Å². The van der Waals surface area contributed by atoms with E-state index in [2.05, 4.69) is 10.9 Å². The van der Waals surface area contributed by atoms with Gasteiger partial charge in [-0.2, -0.15) is 0 Å². The molecular weight excluding hydrogens is 391 g/mol. The number of ether oxygens (including phenoxy) is 2. The summed E-state index contributed by atoms with van der Waals surface area (Å²) >= 11 is 0. The topological polar surface area (TPSA) is 89.8 Å². The molecule has 3 aromatic rings. The first-order chi connectivity index (χ1) is 14.4. The normalized spacial score (nSPS) is 10.6. The number of carbonyl (C=O) groups is 2. The van der Waals surface area contributed by atoms with E-state index in [1.807, 2.05) is 13.8 Å². The second kappa shape index (κ2) is 9.13. The summed E-state index contributed by atoms with van der Waals surface area (Å²) in [4.78, 5) is 24.6. The molecule has 1 aromatic heterocycles. The van der Waals surface area contributed by atoms with E-state index >= 15 is 0 Å². The van der Waals surface area contributed by atoms with Crippen molar-refractivity contribution in [1.82, 2.24) is 10.9 Å². The third kappa shape index (κ3) is 4.96. The van der Waals surface area contributed by atoms with Gasteiger partial charge < -0.3 is 13.9 Å². The summed E-state index contributed by atoms with van der Waals surface area (Å²) in [5, 5.41) is 0. The molecule has 0 aliphatic rings. The number of hydrogen-bond donors (Lipinski definition) is 2. The van der Waals surface area contributed by atoms with Gasteiger partial charge in [0.05, 0.1) is 13.2 Å². The quantitative estimate of drug-likeness (QED) is 0.599. The number of benzene rings is 2. The Kier molecular flexibility index (Phi) is 6.36. The summed E-state index contributed by atoms with van der Waals surface area (Å²) in [6, 6.07) is 13.4. The standard InChI is InChI=1S/C22H21FN2O5/c1-13(2)29-18-9-6-15(12-20(18)28-3)21(26)24-25-22(27)19-11-10-17(30-19)14-4-7-16(23)8-5-14/h4-13H,1-3H3,(H,24,26)(H,25,27). The molecule has 2 amide bonds. The first-order valence-electron chi connectivity index (χ1n) is 9.18. The van der Waals surface area contributed by atoms with Gasteiger partial charge in [-0.3, -0.25) is 20.4 Å². The molecule has 2 N–H and O–H groups in total. The molecule has 0 saturated heterocycles. The fraction of sp³-hybridized carbons (Fsp3) is 0.182. The monoisotopic (exact) mass is 412 g/mol. The van der Waals surface area contributed by atoms with Crippen molar-refractivity contribution >= 4 is 11.8 Å². The minimum atomic E-state index is -0.636. The molecule has 3 rings (SSSR count). The molecule has 0 fully saturated rings. The molecule has 0 radical (unpaired) electrons. The number of hydrogen-bond acceptors (Lipinski definition) is 5. The van der Waals surface area contributed by atoms with Crippen LogP contribution in [0.2, 0.25) is 0 Å². The zero-order valence-electron chi connectivity index (χ0n) is 16.7. The molecule has 0 spiro atoms. The molecule has 0 aliphatic heterocycles. The van der Waals surface area contributed by atoms with Gasteiger partial charge in [0.25, 0.3) is 5.91 Å². The van der Waals surface area contributed by atoms with Crippen LogP contribution in [0.3, 0.4) is 0 Å². The number of amides is 2. The van der Waals surface area contributed by atoms with E-state index in [0.717, 1.165) is 0 Å². The van der Waals surface area contributed by atoms with E-state index in [1.54, 1.807) is 18.2 Å². The van der Waals surface area contributed by atoms with Crippen LogP contribution in [0.4, 0.5) is 4.39 Å². The number of nitrogens with one attached hydrogen (secondary N) is 2. The van der Waals surface area contributed by atoms with Gasteiger partial charge in [0.2, 0.25) is 0 Å². The maximum Gasteiger partial charge on any atom is 0.305 e. The fourth-order valence-electron chi connectivity index (χ4n) is 2.64. The Morgan fingerprint density at radius 2 is 1.63 bits per heavy atom. The third-order valence-corrected chi connectivity index (χ3v) is 4.04. The highest BCUT2D eigenvalue weighted by atomic mass is 19.1. The summed E-state index contributed by atoms with van der Waals surface area (Å²) in [5.41, 5.74) is 5.51. The Morgan fingerprint density at radius 3 is 2.30 bits per heavy atom. The Balaban J connectivity index is 1.63. The molecule has 30 heavy (non-hydrogen) atoms. The van der Waals surface area contributed by atoms with Crippen molar-refractivity contribution in [2.75, 3.05) is 7.11 Å². The number of furan rings is 1. The lowest BCUT2D eigenvalue weighted by Crippen LogP contribution is -2.41. The van der Waals surface area contributed by atoms with Crippen LogP contribution in [0.1, 0.15) is 34.8 Å². The van der Waals surface area contributed by atoms with Crippen molar-refractivity contribution in [3.05, 3.63) is 71.7 Å². The predicted octanol–water partition coefficient (Wildman–Crippen LogP) is 3.96. The van der Waals surface area contributed by atoms with Gasteiger partial charge in [-0.05, 0) is 68.4 Å². The molecular formula is C22H21FN2O5. The lowest BCUT2D eigenvalue weighted by molar-refractivity contribution is 0.0831. The molecule has 156 valence electrons. The average Bonchev–Trinajstić information content (AvgIpc) is 3.22. The summed E-state index contributed by atoms with van der Waals surface area (Å²) in [5.74, 6) is -0.239. The summed E-state index contributed by atoms with van der Waals surface area (Å²) in [7, 11) is 1.47. The minimum absolute atomic E-state index is 0.00659. The van der Waals surface area contributed by atoms with Crippen molar-refractivity contribution in [2.24, 2.45) is 0 Å². The Bertz CT molecular complexity index is 1040. The number of rotatable bonds is 6. The Hall–Kier alpha value is -3.81. The van der Waals surface area contributed by atoms with Crippen LogP contribution in [0.25, 0.3) is 11.3 Å². The Morgan fingerprint density at radius 1 is 0.933 bits per heavy atom. The molecule has 7 nitrogen and oxygen atoms in total. The molecule has 2 aromatic carbocycles. The van der Waals surface area contributed by atoms with Gasteiger partial charge >= 0.3 is 5.91 Å². The molecule has 1 heterocycles. The number of hydrazine groups is 1. The lowest BCUT2D eigenvalue weighted by Gasteiger charge is -2.14. The van der Waals surface area contributed by atoms with E-state index in [0.29, 0.717) is 22.8 Å². The van der Waals surface area contributed by atoms with E-state index < -0.39 is 11.8 Å². The molecule has 0 atom stereocenters. The van der Waals surface area contributed by atoms with Gasteiger partial charge in [0, 0.05) is 11.1 Å². The SMILES string of the molecule is COc1cc(C(=O)NNC(=O)c2ccc(-c3ccc(F)cc3)o2)ccc1OC(C)C. The molecule has 0 unspecified atom stereocenters. The largest absolute Gasteiger partial charge is 0.493 e. The highest BCUT2D eigenvalue weighted by Gasteiger charge is 2.16. The third-order valence-electron chi connectivity index (χ3n) is 4.04. The molecule has 8 heteroatoms. The average molecular weight is 412 g/mol. The summed E-state index contributed by atoms with van der Waals surface area (Å²) in [6.07, 6.45) is -0.0500. The van der Waals surface area contributed by atoms with Crippen molar-refractivity contribution in [3.8, 4) is 22.8 Å². The van der Waals surface area contributed by atoms with Gasteiger partial charge in [-0.15, -0.1) is 0 Å². The predicted molar refractivity (Wildman–Crippen MR) is 108 cm³/mol. The highest BCUT2D eigenvalue weighted by Crippen LogP contribution is 2.29. The zero-order chi connectivity index (χ0) is 21.7. The van der Waals surface area contributed by atoms with Crippen LogP contribution in [0, 0.1) is 5.82 Å².